The lowest BCUT2D eigenvalue weighted by molar-refractivity contribution is -0.119. The Hall–Kier alpha value is -4.10. The van der Waals surface area contributed by atoms with Crippen LogP contribution in [0.4, 0.5) is 11.6 Å². The number of aryl methyl sites for hydroxylation is 3. The Kier molecular flexibility index (Phi) is 7.08. The Bertz CT molecular complexity index is 1420. The van der Waals surface area contributed by atoms with E-state index in [0.29, 0.717) is 22.6 Å². The molecule has 0 saturated carbocycles. The van der Waals surface area contributed by atoms with Crippen LogP contribution in [0.1, 0.15) is 38.4 Å². The largest absolute Gasteiger partial charge is 0.452 e. The molecule has 3 aromatic rings. The molecule has 0 saturated heterocycles. The zero-order chi connectivity index (χ0) is 25.0. The van der Waals surface area contributed by atoms with E-state index in [9.17, 15) is 23.3 Å². The smallest absolute Gasteiger partial charge is 0.338 e. The molecule has 0 spiro atoms. The number of furan rings is 1. The summed E-state index contributed by atoms with van der Waals surface area (Å²) in [6.07, 6.45) is 0. The minimum atomic E-state index is -3.98. The summed E-state index contributed by atoms with van der Waals surface area (Å²) < 4.78 is 38.7. The molecule has 1 aromatic heterocycles. The average molecular weight is 482 g/mol. The fraction of sp³-hybridized carbons (Fsp3) is 0.208. The van der Waals surface area contributed by atoms with Crippen molar-refractivity contribution >= 4 is 33.5 Å². The number of anilines is 2. The van der Waals surface area contributed by atoms with Crippen LogP contribution in [0.5, 0.6) is 0 Å². The van der Waals surface area contributed by atoms with Gasteiger partial charge in [0.25, 0.3) is 15.9 Å². The predicted molar refractivity (Wildman–Crippen MR) is 125 cm³/mol. The molecule has 0 atom stereocenters. The van der Waals surface area contributed by atoms with Crippen molar-refractivity contribution in [2.45, 2.75) is 32.6 Å². The zero-order valence-electron chi connectivity index (χ0n) is 19.1. The van der Waals surface area contributed by atoms with Crippen LogP contribution in [0.2, 0.25) is 0 Å². The van der Waals surface area contributed by atoms with Crippen molar-refractivity contribution in [2.24, 2.45) is 0 Å². The Labute approximate surface area is 197 Å². The monoisotopic (exact) mass is 481 g/mol. The number of hydrogen-bond donors (Lipinski definition) is 2. The normalized spacial score (nSPS) is 10.9. The van der Waals surface area contributed by atoms with Gasteiger partial charge in [0, 0.05) is 11.3 Å². The Morgan fingerprint density at radius 1 is 1.09 bits per heavy atom. The maximum Gasteiger partial charge on any atom is 0.338 e. The first-order valence-electron chi connectivity index (χ1n) is 10.2. The van der Waals surface area contributed by atoms with Crippen molar-refractivity contribution in [3.05, 3.63) is 76.0 Å². The quantitative estimate of drug-likeness (QED) is 0.487. The SMILES string of the molecule is Cc1cccc(NS(=O)(=O)c2cc(C(=O)OCC(=O)Nc3oc(C)c(C)c3C#N)ccc2C)c1. The van der Waals surface area contributed by atoms with Gasteiger partial charge in [0.2, 0.25) is 5.88 Å². The molecule has 1 amide bonds. The van der Waals surface area contributed by atoms with Crippen molar-refractivity contribution < 1.29 is 27.2 Å². The molecule has 34 heavy (non-hydrogen) atoms. The molecule has 0 aliphatic rings. The van der Waals surface area contributed by atoms with Crippen LogP contribution in [0, 0.1) is 39.0 Å². The van der Waals surface area contributed by atoms with Crippen LogP contribution in [-0.2, 0) is 19.6 Å². The summed E-state index contributed by atoms with van der Waals surface area (Å²) in [6, 6.07) is 12.9. The van der Waals surface area contributed by atoms with E-state index >= 15 is 0 Å². The van der Waals surface area contributed by atoms with Crippen LogP contribution < -0.4 is 10.0 Å². The van der Waals surface area contributed by atoms with E-state index in [1.807, 2.05) is 19.1 Å². The summed E-state index contributed by atoms with van der Waals surface area (Å²) in [5.74, 6) is -1.13. The summed E-state index contributed by atoms with van der Waals surface area (Å²) >= 11 is 0. The van der Waals surface area contributed by atoms with E-state index < -0.39 is 28.5 Å². The third-order valence-corrected chi connectivity index (χ3v) is 6.59. The van der Waals surface area contributed by atoms with Gasteiger partial charge >= 0.3 is 5.97 Å². The summed E-state index contributed by atoms with van der Waals surface area (Å²) in [6.45, 7) is 6.13. The molecule has 1 heterocycles. The molecular formula is C24H23N3O6S. The second kappa shape index (κ2) is 9.80. The number of carbonyl (C=O) groups is 2. The highest BCUT2D eigenvalue weighted by molar-refractivity contribution is 7.92. The minimum Gasteiger partial charge on any atom is -0.452 e. The highest BCUT2D eigenvalue weighted by atomic mass is 32.2. The van der Waals surface area contributed by atoms with Crippen molar-refractivity contribution in [1.29, 1.82) is 5.26 Å². The number of benzene rings is 2. The summed E-state index contributed by atoms with van der Waals surface area (Å²) in [4.78, 5) is 24.6. The molecule has 3 rings (SSSR count). The van der Waals surface area contributed by atoms with Gasteiger partial charge < -0.3 is 9.15 Å². The Morgan fingerprint density at radius 2 is 1.82 bits per heavy atom. The lowest BCUT2D eigenvalue weighted by atomic mass is 10.1. The van der Waals surface area contributed by atoms with Crippen molar-refractivity contribution in [2.75, 3.05) is 16.6 Å². The molecule has 0 fully saturated rings. The minimum absolute atomic E-state index is 0.0236. The zero-order valence-corrected chi connectivity index (χ0v) is 19.9. The number of rotatable bonds is 7. The first-order chi connectivity index (χ1) is 16.0. The molecule has 0 bridgehead atoms. The maximum absolute atomic E-state index is 12.9. The highest BCUT2D eigenvalue weighted by Gasteiger charge is 2.21. The first-order valence-corrected chi connectivity index (χ1v) is 11.7. The number of nitrogens with one attached hydrogen (secondary N) is 2. The Balaban J connectivity index is 1.71. The molecule has 10 heteroatoms. The molecule has 0 aliphatic carbocycles. The standard InChI is InChI=1S/C24H23N3O6S/c1-14-6-5-7-19(10-14)27-34(30,31)21-11-18(9-8-15(21)2)24(29)32-13-22(28)26-23-20(12-25)16(3)17(4)33-23/h5-11,27H,13H2,1-4H3,(H,26,28). The second-order valence-corrected chi connectivity index (χ2v) is 9.33. The molecule has 0 unspecified atom stereocenters. The third kappa shape index (κ3) is 5.44. The van der Waals surface area contributed by atoms with E-state index in [1.54, 1.807) is 39.0 Å². The fourth-order valence-corrected chi connectivity index (χ4v) is 4.48. The number of ether oxygens (including phenoxy) is 1. The summed E-state index contributed by atoms with van der Waals surface area (Å²) in [5, 5.41) is 11.6. The second-order valence-electron chi connectivity index (χ2n) is 7.68. The fourth-order valence-electron chi connectivity index (χ4n) is 3.16. The van der Waals surface area contributed by atoms with E-state index in [4.69, 9.17) is 9.15 Å². The van der Waals surface area contributed by atoms with Gasteiger partial charge in [-0.2, -0.15) is 5.26 Å². The number of amides is 1. The van der Waals surface area contributed by atoms with E-state index in [-0.39, 0.29) is 21.9 Å². The van der Waals surface area contributed by atoms with Gasteiger partial charge in [-0.15, -0.1) is 0 Å². The van der Waals surface area contributed by atoms with Crippen LogP contribution in [0.25, 0.3) is 0 Å². The van der Waals surface area contributed by atoms with Gasteiger partial charge in [0.05, 0.1) is 10.5 Å². The number of sulfonamides is 1. The number of nitrogens with zero attached hydrogens (tertiary/aromatic N) is 1. The van der Waals surface area contributed by atoms with Crippen molar-refractivity contribution in [3.63, 3.8) is 0 Å². The maximum atomic E-state index is 12.9. The van der Waals surface area contributed by atoms with Gasteiger partial charge in [-0.25, -0.2) is 13.2 Å². The molecular weight excluding hydrogens is 458 g/mol. The third-order valence-electron chi connectivity index (χ3n) is 5.07. The van der Waals surface area contributed by atoms with E-state index in [2.05, 4.69) is 10.0 Å². The van der Waals surface area contributed by atoms with E-state index in [1.165, 1.54) is 18.2 Å². The van der Waals surface area contributed by atoms with Crippen molar-refractivity contribution in [1.82, 2.24) is 0 Å². The summed E-state index contributed by atoms with van der Waals surface area (Å²) in [5.41, 5.74) is 2.46. The molecule has 0 radical (unpaired) electrons. The van der Waals surface area contributed by atoms with Crippen molar-refractivity contribution in [3.8, 4) is 6.07 Å². The lowest BCUT2D eigenvalue weighted by Gasteiger charge is -2.12. The van der Waals surface area contributed by atoms with Gasteiger partial charge in [-0.05, 0) is 63.1 Å². The Morgan fingerprint density at radius 3 is 2.50 bits per heavy atom. The van der Waals surface area contributed by atoms with Gasteiger partial charge in [0.1, 0.15) is 17.4 Å². The molecule has 2 N–H and O–H groups in total. The van der Waals surface area contributed by atoms with Gasteiger partial charge in [0.15, 0.2) is 6.61 Å². The summed E-state index contributed by atoms with van der Waals surface area (Å²) in [7, 11) is -3.98. The molecule has 2 aromatic carbocycles. The lowest BCUT2D eigenvalue weighted by Crippen LogP contribution is -2.21. The van der Waals surface area contributed by atoms with Gasteiger partial charge in [-0.3, -0.25) is 14.8 Å². The van der Waals surface area contributed by atoms with Gasteiger partial charge in [-0.1, -0.05) is 18.2 Å². The van der Waals surface area contributed by atoms with E-state index in [0.717, 1.165) is 5.56 Å². The van der Waals surface area contributed by atoms with Crippen LogP contribution >= 0.6 is 0 Å². The number of hydrogen-bond acceptors (Lipinski definition) is 7. The van der Waals surface area contributed by atoms with Crippen LogP contribution in [0.3, 0.4) is 0 Å². The molecule has 176 valence electrons. The number of carbonyl (C=O) groups excluding carboxylic acids is 2. The van der Waals surface area contributed by atoms with Crippen LogP contribution in [0.15, 0.2) is 51.8 Å². The van der Waals surface area contributed by atoms with Crippen LogP contribution in [-0.4, -0.2) is 26.9 Å². The molecule has 9 nitrogen and oxygen atoms in total. The molecule has 0 aliphatic heterocycles. The predicted octanol–water partition coefficient (Wildman–Crippen LogP) is 3.98. The average Bonchev–Trinajstić information content (AvgIpc) is 3.04. The number of nitriles is 1. The number of esters is 1. The highest BCUT2D eigenvalue weighted by Crippen LogP contribution is 2.25. The topological polar surface area (TPSA) is 138 Å². The first kappa shape index (κ1) is 24.5.